The number of hydrogen-bond acceptors (Lipinski definition) is 2. The van der Waals surface area contributed by atoms with E-state index in [2.05, 4.69) is 61.3 Å². The first-order chi connectivity index (χ1) is 6.66. The van der Waals surface area contributed by atoms with E-state index in [0.29, 0.717) is 0 Å². The molecule has 0 spiro atoms. The number of halogens is 2. The molecular formula is C10H7Br2NS. The molecule has 72 valence electrons. The predicted octanol–water partition coefficient (Wildman–Crippen LogP) is 4.64. The van der Waals surface area contributed by atoms with E-state index in [1.165, 1.54) is 11.1 Å². The van der Waals surface area contributed by atoms with Crippen molar-refractivity contribution in [1.82, 2.24) is 4.98 Å². The third-order valence-corrected chi connectivity index (χ3v) is 3.80. The summed E-state index contributed by atoms with van der Waals surface area (Å²) in [5.41, 5.74) is 3.46. The van der Waals surface area contributed by atoms with Gasteiger partial charge in [-0.05, 0) is 40.5 Å². The Morgan fingerprint density at radius 1 is 1.29 bits per heavy atom. The van der Waals surface area contributed by atoms with Crippen molar-refractivity contribution in [2.45, 2.75) is 6.92 Å². The van der Waals surface area contributed by atoms with Gasteiger partial charge in [0.25, 0.3) is 0 Å². The van der Waals surface area contributed by atoms with Gasteiger partial charge in [-0.1, -0.05) is 22.0 Å². The Hall–Kier alpha value is -0.190. The summed E-state index contributed by atoms with van der Waals surface area (Å²) in [4.78, 5) is 4.39. The fourth-order valence-electron chi connectivity index (χ4n) is 1.29. The van der Waals surface area contributed by atoms with Gasteiger partial charge in [0.15, 0.2) is 3.92 Å². The van der Waals surface area contributed by atoms with Gasteiger partial charge in [0.05, 0.1) is 5.69 Å². The summed E-state index contributed by atoms with van der Waals surface area (Å²) in [6.45, 7) is 2.09. The van der Waals surface area contributed by atoms with Crippen LogP contribution in [0.25, 0.3) is 11.3 Å². The highest BCUT2D eigenvalue weighted by Gasteiger charge is 2.05. The molecule has 0 unspecified atom stereocenters. The summed E-state index contributed by atoms with van der Waals surface area (Å²) in [5.74, 6) is 0. The largest absolute Gasteiger partial charge is 0.229 e. The fraction of sp³-hybridized carbons (Fsp3) is 0.100. The van der Waals surface area contributed by atoms with Crippen molar-refractivity contribution in [2.75, 3.05) is 0 Å². The number of aromatic nitrogens is 1. The average molecular weight is 333 g/mol. The molecular weight excluding hydrogens is 326 g/mol. The highest BCUT2D eigenvalue weighted by molar-refractivity contribution is 9.11. The second-order valence-electron chi connectivity index (χ2n) is 2.94. The topological polar surface area (TPSA) is 12.9 Å². The summed E-state index contributed by atoms with van der Waals surface area (Å²) in [5, 5.41) is 2.06. The van der Waals surface area contributed by atoms with Crippen molar-refractivity contribution in [3.8, 4) is 11.3 Å². The van der Waals surface area contributed by atoms with Crippen LogP contribution in [0.15, 0.2) is 32.0 Å². The Labute approximate surface area is 103 Å². The second kappa shape index (κ2) is 4.13. The van der Waals surface area contributed by atoms with Crippen molar-refractivity contribution in [3.63, 3.8) is 0 Å². The van der Waals surface area contributed by atoms with Crippen LogP contribution >= 0.6 is 43.2 Å². The van der Waals surface area contributed by atoms with E-state index in [0.717, 1.165) is 14.1 Å². The summed E-state index contributed by atoms with van der Waals surface area (Å²) in [6.07, 6.45) is 0. The van der Waals surface area contributed by atoms with Crippen LogP contribution in [0.1, 0.15) is 5.56 Å². The average Bonchev–Trinajstić information content (AvgIpc) is 2.51. The Morgan fingerprint density at radius 2 is 2.07 bits per heavy atom. The monoisotopic (exact) mass is 331 g/mol. The molecule has 0 N–H and O–H groups in total. The lowest BCUT2D eigenvalue weighted by Crippen LogP contribution is -1.82. The minimum absolute atomic E-state index is 0.926. The lowest BCUT2D eigenvalue weighted by atomic mass is 10.1. The number of nitrogens with zero attached hydrogens (tertiary/aromatic N) is 1. The van der Waals surface area contributed by atoms with E-state index in [9.17, 15) is 0 Å². The zero-order valence-electron chi connectivity index (χ0n) is 7.42. The van der Waals surface area contributed by atoms with Gasteiger partial charge in [-0.2, -0.15) is 0 Å². The molecule has 0 aliphatic carbocycles. The second-order valence-corrected chi connectivity index (χ2v) is 5.99. The van der Waals surface area contributed by atoms with Gasteiger partial charge in [-0.25, -0.2) is 4.98 Å². The van der Waals surface area contributed by atoms with E-state index in [1.807, 2.05) is 6.07 Å². The Kier molecular flexibility index (Phi) is 3.04. The maximum atomic E-state index is 4.39. The molecule has 1 aromatic heterocycles. The van der Waals surface area contributed by atoms with Crippen LogP contribution in [0.5, 0.6) is 0 Å². The van der Waals surface area contributed by atoms with Crippen molar-refractivity contribution >= 4 is 43.2 Å². The van der Waals surface area contributed by atoms with Crippen LogP contribution in [0, 0.1) is 6.92 Å². The molecule has 1 heterocycles. The fourth-order valence-corrected chi connectivity index (χ4v) is 2.78. The summed E-state index contributed by atoms with van der Waals surface area (Å²) in [7, 11) is 0. The number of thiazole rings is 1. The first-order valence-electron chi connectivity index (χ1n) is 4.04. The molecule has 0 bridgehead atoms. The third kappa shape index (κ3) is 2.07. The SMILES string of the molecule is Cc1cc(Br)ccc1-c1csc(Br)n1. The summed E-state index contributed by atoms with van der Waals surface area (Å²) in [6, 6.07) is 6.22. The zero-order valence-corrected chi connectivity index (χ0v) is 11.4. The van der Waals surface area contributed by atoms with Gasteiger partial charge in [0.2, 0.25) is 0 Å². The lowest BCUT2D eigenvalue weighted by Gasteiger charge is -2.02. The normalized spacial score (nSPS) is 10.5. The first-order valence-corrected chi connectivity index (χ1v) is 6.51. The molecule has 0 saturated heterocycles. The van der Waals surface area contributed by atoms with Crippen molar-refractivity contribution in [2.24, 2.45) is 0 Å². The van der Waals surface area contributed by atoms with Crippen LogP contribution in [0.2, 0.25) is 0 Å². The highest BCUT2D eigenvalue weighted by Crippen LogP contribution is 2.28. The van der Waals surface area contributed by atoms with E-state index >= 15 is 0 Å². The Balaban J connectivity index is 2.52. The van der Waals surface area contributed by atoms with Crippen molar-refractivity contribution in [3.05, 3.63) is 37.5 Å². The molecule has 0 aliphatic rings. The molecule has 0 atom stereocenters. The van der Waals surface area contributed by atoms with E-state index in [1.54, 1.807) is 11.3 Å². The van der Waals surface area contributed by atoms with Gasteiger partial charge in [-0.3, -0.25) is 0 Å². The molecule has 2 aromatic rings. The van der Waals surface area contributed by atoms with E-state index in [-0.39, 0.29) is 0 Å². The van der Waals surface area contributed by atoms with E-state index < -0.39 is 0 Å². The predicted molar refractivity (Wildman–Crippen MR) is 67.7 cm³/mol. The molecule has 0 radical (unpaired) electrons. The van der Waals surface area contributed by atoms with Crippen molar-refractivity contribution < 1.29 is 0 Å². The van der Waals surface area contributed by atoms with Gasteiger partial charge >= 0.3 is 0 Å². The maximum Gasteiger partial charge on any atom is 0.159 e. The zero-order chi connectivity index (χ0) is 10.1. The molecule has 0 saturated carbocycles. The smallest absolute Gasteiger partial charge is 0.159 e. The number of aryl methyl sites for hydroxylation is 1. The van der Waals surface area contributed by atoms with Gasteiger partial charge in [0.1, 0.15) is 0 Å². The Bertz CT molecular complexity index is 465. The summed E-state index contributed by atoms with van der Waals surface area (Å²) < 4.78 is 2.03. The van der Waals surface area contributed by atoms with Crippen molar-refractivity contribution in [1.29, 1.82) is 0 Å². The molecule has 2 rings (SSSR count). The van der Waals surface area contributed by atoms with E-state index in [4.69, 9.17) is 0 Å². The quantitative estimate of drug-likeness (QED) is 0.741. The highest BCUT2D eigenvalue weighted by atomic mass is 79.9. The third-order valence-electron chi connectivity index (χ3n) is 1.94. The number of rotatable bonds is 1. The number of benzene rings is 1. The lowest BCUT2D eigenvalue weighted by molar-refractivity contribution is 1.34. The van der Waals surface area contributed by atoms with Crippen LogP contribution in [0.4, 0.5) is 0 Å². The van der Waals surface area contributed by atoms with Crippen LogP contribution in [-0.2, 0) is 0 Å². The molecule has 4 heteroatoms. The molecule has 1 nitrogen and oxygen atoms in total. The standard InChI is InChI=1S/C10H7Br2NS/c1-6-4-7(11)2-3-8(6)9-5-14-10(12)13-9/h2-5H,1H3. The van der Waals surface area contributed by atoms with Gasteiger partial charge < -0.3 is 0 Å². The van der Waals surface area contributed by atoms with Gasteiger partial charge in [0, 0.05) is 15.4 Å². The Morgan fingerprint density at radius 3 is 2.64 bits per heavy atom. The molecule has 0 aliphatic heterocycles. The van der Waals surface area contributed by atoms with Crippen LogP contribution in [0.3, 0.4) is 0 Å². The maximum absolute atomic E-state index is 4.39. The van der Waals surface area contributed by atoms with Gasteiger partial charge in [-0.15, -0.1) is 11.3 Å². The van der Waals surface area contributed by atoms with Crippen LogP contribution in [-0.4, -0.2) is 4.98 Å². The molecule has 1 aromatic carbocycles. The molecule has 0 fully saturated rings. The molecule has 0 amide bonds. The minimum Gasteiger partial charge on any atom is -0.229 e. The van der Waals surface area contributed by atoms with Crippen LogP contribution < -0.4 is 0 Å². The summed E-state index contributed by atoms with van der Waals surface area (Å²) >= 11 is 8.42. The minimum atomic E-state index is 0.926. The molecule has 14 heavy (non-hydrogen) atoms. The number of hydrogen-bond donors (Lipinski definition) is 0. The first kappa shape index (κ1) is 10.3.